The van der Waals surface area contributed by atoms with Crippen molar-refractivity contribution < 1.29 is 9.53 Å². The molecule has 1 amide bonds. The number of fused-ring (bicyclic) bond motifs is 1. The van der Waals surface area contributed by atoms with Crippen molar-refractivity contribution in [3.8, 4) is 0 Å². The molecule has 134 valence electrons. The molecular formula is C16H23N7O2. The van der Waals surface area contributed by atoms with E-state index in [1.165, 1.54) is 4.63 Å². The molecule has 2 aromatic rings. The third-order valence-corrected chi connectivity index (χ3v) is 5.08. The van der Waals surface area contributed by atoms with Gasteiger partial charge in [-0.15, -0.1) is 14.8 Å². The van der Waals surface area contributed by atoms with Crippen LogP contribution in [0.3, 0.4) is 0 Å². The van der Waals surface area contributed by atoms with Crippen molar-refractivity contribution in [2.45, 2.75) is 25.7 Å². The molecule has 1 N–H and O–H groups in total. The molecule has 2 aromatic heterocycles. The second-order valence-electron chi connectivity index (χ2n) is 6.80. The third-order valence-electron chi connectivity index (χ3n) is 5.08. The lowest BCUT2D eigenvalue weighted by atomic mass is 9.96. The molecule has 0 radical (unpaired) electrons. The van der Waals surface area contributed by atoms with Gasteiger partial charge in [-0.25, -0.2) is 0 Å². The SMILES string of the molecule is O=C(NCC1CCOCC1)[C@H]1CCCN(c2ccc3nnnn3n2)C1. The topological polar surface area (TPSA) is 97.5 Å². The van der Waals surface area contributed by atoms with Gasteiger partial charge in [0.05, 0.1) is 5.92 Å². The number of piperidine rings is 1. The number of nitrogens with zero attached hydrogens (tertiary/aromatic N) is 6. The summed E-state index contributed by atoms with van der Waals surface area (Å²) in [7, 11) is 0. The average molecular weight is 345 g/mol. The molecule has 2 aliphatic rings. The molecule has 9 nitrogen and oxygen atoms in total. The van der Waals surface area contributed by atoms with Gasteiger partial charge < -0.3 is 15.0 Å². The van der Waals surface area contributed by atoms with Gasteiger partial charge in [0.25, 0.3) is 0 Å². The van der Waals surface area contributed by atoms with E-state index in [2.05, 4.69) is 30.8 Å². The van der Waals surface area contributed by atoms with E-state index < -0.39 is 0 Å². The molecule has 9 heteroatoms. The molecule has 0 aliphatic carbocycles. The highest BCUT2D eigenvalue weighted by Crippen LogP contribution is 2.22. The van der Waals surface area contributed by atoms with Crippen LogP contribution in [0.25, 0.3) is 5.65 Å². The van der Waals surface area contributed by atoms with Gasteiger partial charge in [0, 0.05) is 32.8 Å². The molecule has 0 unspecified atom stereocenters. The Kier molecular flexibility index (Phi) is 4.73. The molecule has 25 heavy (non-hydrogen) atoms. The first-order chi connectivity index (χ1) is 12.3. The number of rotatable bonds is 4. The lowest BCUT2D eigenvalue weighted by molar-refractivity contribution is -0.125. The molecule has 4 heterocycles. The standard InChI is InChI=1S/C16H23N7O2/c24-16(17-10-12-5-8-25-9-6-12)13-2-1-7-22(11-13)15-4-3-14-18-20-21-23(14)19-15/h3-4,12-13H,1-2,5-11H2,(H,17,24)/t13-/m0/s1. The summed E-state index contributed by atoms with van der Waals surface area (Å²) in [5.74, 6) is 1.50. The number of aromatic nitrogens is 5. The third kappa shape index (κ3) is 3.71. The molecule has 0 saturated carbocycles. The van der Waals surface area contributed by atoms with Crippen LogP contribution in [0, 0.1) is 11.8 Å². The number of hydrogen-bond donors (Lipinski definition) is 1. The number of carbonyl (C=O) groups excluding carboxylic acids is 1. The molecule has 4 rings (SSSR count). The van der Waals surface area contributed by atoms with E-state index in [1.807, 2.05) is 12.1 Å². The Hall–Kier alpha value is -2.29. The van der Waals surface area contributed by atoms with E-state index in [-0.39, 0.29) is 11.8 Å². The maximum absolute atomic E-state index is 12.6. The number of nitrogens with one attached hydrogen (secondary N) is 1. The number of ether oxygens (including phenoxy) is 1. The largest absolute Gasteiger partial charge is 0.381 e. The summed E-state index contributed by atoms with van der Waals surface area (Å²) < 4.78 is 6.79. The van der Waals surface area contributed by atoms with Gasteiger partial charge in [-0.3, -0.25) is 4.79 Å². The fourth-order valence-electron chi connectivity index (χ4n) is 3.55. The summed E-state index contributed by atoms with van der Waals surface area (Å²) in [4.78, 5) is 14.7. The minimum atomic E-state index is -0.0000380. The molecule has 1 atom stereocenters. The number of carbonyl (C=O) groups is 1. The van der Waals surface area contributed by atoms with Gasteiger partial charge in [-0.2, -0.15) is 0 Å². The summed E-state index contributed by atoms with van der Waals surface area (Å²) in [5.41, 5.74) is 0.617. The Morgan fingerprint density at radius 1 is 1.28 bits per heavy atom. The zero-order chi connectivity index (χ0) is 17.1. The minimum Gasteiger partial charge on any atom is -0.381 e. The summed E-state index contributed by atoms with van der Waals surface area (Å²) in [6.45, 7) is 3.95. The lowest BCUT2D eigenvalue weighted by Gasteiger charge is -2.33. The summed E-state index contributed by atoms with van der Waals surface area (Å²) in [5, 5.41) is 18.9. The smallest absolute Gasteiger partial charge is 0.224 e. The second kappa shape index (κ2) is 7.30. The van der Waals surface area contributed by atoms with Gasteiger partial charge in [0.2, 0.25) is 5.91 Å². The summed E-state index contributed by atoms with van der Waals surface area (Å²) in [6, 6.07) is 3.76. The molecule has 2 aliphatic heterocycles. The predicted molar refractivity (Wildman–Crippen MR) is 90.1 cm³/mol. The van der Waals surface area contributed by atoms with Crippen molar-refractivity contribution in [2.75, 3.05) is 37.7 Å². The number of hydrogen-bond acceptors (Lipinski definition) is 7. The zero-order valence-electron chi connectivity index (χ0n) is 14.2. The maximum Gasteiger partial charge on any atom is 0.224 e. The predicted octanol–water partition coefficient (Wildman–Crippen LogP) is 0.278. The highest BCUT2D eigenvalue weighted by molar-refractivity contribution is 5.79. The van der Waals surface area contributed by atoms with Crippen LogP contribution in [0.5, 0.6) is 0 Å². The summed E-state index contributed by atoms with van der Waals surface area (Å²) >= 11 is 0. The van der Waals surface area contributed by atoms with Crippen LogP contribution in [0.4, 0.5) is 5.82 Å². The quantitative estimate of drug-likeness (QED) is 0.850. The number of anilines is 1. The number of amides is 1. The Balaban J connectivity index is 1.35. The van der Waals surface area contributed by atoms with E-state index in [4.69, 9.17) is 4.74 Å². The van der Waals surface area contributed by atoms with Crippen LogP contribution < -0.4 is 10.2 Å². The van der Waals surface area contributed by atoms with Crippen LogP contribution in [0.15, 0.2) is 12.1 Å². The Bertz CT molecular complexity index is 728. The van der Waals surface area contributed by atoms with Crippen LogP contribution in [-0.4, -0.2) is 64.0 Å². The molecule has 2 fully saturated rings. The first kappa shape index (κ1) is 16.2. The van der Waals surface area contributed by atoms with E-state index in [0.717, 1.165) is 57.8 Å². The molecular weight excluding hydrogens is 322 g/mol. The zero-order valence-corrected chi connectivity index (χ0v) is 14.2. The first-order valence-electron chi connectivity index (χ1n) is 8.95. The van der Waals surface area contributed by atoms with Crippen LogP contribution in [0.1, 0.15) is 25.7 Å². The average Bonchev–Trinajstić information content (AvgIpc) is 3.15. The Labute approximate surface area is 145 Å². The van der Waals surface area contributed by atoms with Crippen LogP contribution in [-0.2, 0) is 9.53 Å². The molecule has 0 bridgehead atoms. The first-order valence-corrected chi connectivity index (χ1v) is 8.95. The van der Waals surface area contributed by atoms with Crippen molar-refractivity contribution >= 4 is 17.4 Å². The van der Waals surface area contributed by atoms with Crippen LogP contribution >= 0.6 is 0 Å². The van der Waals surface area contributed by atoms with E-state index in [1.54, 1.807) is 0 Å². The Morgan fingerprint density at radius 3 is 3.04 bits per heavy atom. The van der Waals surface area contributed by atoms with E-state index in [9.17, 15) is 4.79 Å². The minimum absolute atomic E-state index is 0.0000380. The Morgan fingerprint density at radius 2 is 2.16 bits per heavy atom. The van der Waals surface area contributed by atoms with Gasteiger partial charge in [0.1, 0.15) is 0 Å². The van der Waals surface area contributed by atoms with Crippen LogP contribution in [0.2, 0.25) is 0 Å². The monoisotopic (exact) mass is 345 g/mol. The normalized spacial score (nSPS) is 22.2. The number of tetrazole rings is 1. The maximum atomic E-state index is 12.6. The molecule has 0 spiro atoms. The van der Waals surface area contributed by atoms with Crippen molar-refractivity contribution in [3.05, 3.63) is 12.1 Å². The van der Waals surface area contributed by atoms with Crippen molar-refractivity contribution in [3.63, 3.8) is 0 Å². The lowest BCUT2D eigenvalue weighted by Crippen LogP contribution is -2.44. The van der Waals surface area contributed by atoms with Crippen molar-refractivity contribution in [2.24, 2.45) is 11.8 Å². The van der Waals surface area contributed by atoms with Crippen molar-refractivity contribution in [1.82, 2.24) is 30.6 Å². The molecule has 0 aromatic carbocycles. The van der Waals surface area contributed by atoms with E-state index in [0.29, 0.717) is 18.1 Å². The van der Waals surface area contributed by atoms with E-state index >= 15 is 0 Å². The van der Waals surface area contributed by atoms with Gasteiger partial charge in [-0.05, 0) is 54.2 Å². The fourth-order valence-corrected chi connectivity index (χ4v) is 3.55. The van der Waals surface area contributed by atoms with Gasteiger partial charge in [0.15, 0.2) is 11.5 Å². The highest BCUT2D eigenvalue weighted by atomic mass is 16.5. The molecule has 2 saturated heterocycles. The second-order valence-corrected chi connectivity index (χ2v) is 6.80. The van der Waals surface area contributed by atoms with Crippen molar-refractivity contribution in [1.29, 1.82) is 0 Å². The van der Waals surface area contributed by atoms with Gasteiger partial charge >= 0.3 is 0 Å². The van der Waals surface area contributed by atoms with Gasteiger partial charge in [-0.1, -0.05) is 0 Å². The fraction of sp³-hybridized carbons (Fsp3) is 0.688. The summed E-state index contributed by atoms with van der Waals surface area (Å²) in [6.07, 6.45) is 3.97. The highest BCUT2D eigenvalue weighted by Gasteiger charge is 2.27.